The van der Waals surface area contributed by atoms with Gasteiger partial charge in [-0.05, 0) is 33.1 Å². The summed E-state index contributed by atoms with van der Waals surface area (Å²) in [5.74, 6) is 1.77. The normalized spacial score (nSPS) is 17.5. The van der Waals surface area contributed by atoms with Crippen LogP contribution in [0.3, 0.4) is 0 Å². The van der Waals surface area contributed by atoms with Crippen molar-refractivity contribution in [1.82, 2.24) is 10.6 Å². The Labute approximate surface area is 142 Å². The molecule has 1 fully saturated rings. The average molecular weight is 346 g/mol. The number of nitrogens with one attached hydrogen (secondary N) is 2. The fourth-order valence-corrected chi connectivity index (χ4v) is 3.88. The molecule has 136 valence electrons. The fraction of sp³-hybridized carbons (Fsp3) is 0.941. The van der Waals surface area contributed by atoms with Crippen LogP contribution >= 0.6 is 0 Å². The second-order valence-electron chi connectivity index (χ2n) is 7.50. The van der Waals surface area contributed by atoms with E-state index in [9.17, 15) is 8.42 Å². The molecule has 0 heterocycles. The maximum atomic E-state index is 12.0. The van der Waals surface area contributed by atoms with Crippen molar-refractivity contribution in [3.8, 4) is 0 Å². The molecular weight excluding hydrogens is 310 g/mol. The number of aliphatic imine (C=N–C) groups is 1. The van der Waals surface area contributed by atoms with E-state index < -0.39 is 14.6 Å². The zero-order valence-electron chi connectivity index (χ0n) is 15.3. The molecule has 0 aromatic rings. The molecule has 0 aromatic carbocycles. The van der Waals surface area contributed by atoms with E-state index in [1.807, 2.05) is 0 Å². The van der Waals surface area contributed by atoms with Gasteiger partial charge in [0.2, 0.25) is 0 Å². The summed E-state index contributed by atoms with van der Waals surface area (Å²) >= 11 is 0. The molecule has 5 nitrogen and oxygen atoms in total. The molecule has 1 rings (SSSR count). The van der Waals surface area contributed by atoms with Gasteiger partial charge in [0.15, 0.2) is 15.8 Å². The number of guanidine groups is 1. The third-order valence-electron chi connectivity index (χ3n) is 4.63. The van der Waals surface area contributed by atoms with Crippen LogP contribution in [0.1, 0.15) is 65.7 Å². The molecule has 1 aliphatic carbocycles. The fourth-order valence-electron chi connectivity index (χ4n) is 2.89. The van der Waals surface area contributed by atoms with E-state index in [-0.39, 0.29) is 5.75 Å². The van der Waals surface area contributed by atoms with Crippen molar-refractivity contribution in [2.75, 3.05) is 25.9 Å². The summed E-state index contributed by atoms with van der Waals surface area (Å²) in [4.78, 5) is 4.14. The lowest BCUT2D eigenvalue weighted by Gasteiger charge is -2.19. The zero-order chi connectivity index (χ0) is 17.3. The van der Waals surface area contributed by atoms with Crippen LogP contribution in [0, 0.1) is 5.92 Å². The third-order valence-corrected chi connectivity index (χ3v) is 7.23. The van der Waals surface area contributed by atoms with Crippen LogP contribution in [0.15, 0.2) is 4.99 Å². The molecule has 1 aliphatic rings. The van der Waals surface area contributed by atoms with Gasteiger partial charge in [-0.3, -0.25) is 4.99 Å². The van der Waals surface area contributed by atoms with Gasteiger partial charge in [-0.15, -0.1) is 0 Å². The van der Waals surface area contributed by atoms with Crippen LogP contribution < -0.4 is 10.6 Å². The molecule has 0 bridgehead atoms. The van der Waals surface area contributed by atoms with Crippen molar-refractivity contribution in [2.45, 2.75) is 70.5 Å². The van der Waals surface area contributed by atoms with Crippen molar-refractivity contribution in [3.63, 3.8) is 0 Å². The van der Waals surface area contributed by atoms with E-state index in [0.717, 1.165) is 18.9 Å². The van der Waals surface area contributed by atoms with E-state index in [1.54, 1.807) is 27.8 Å². The molecule has 1 saturated carbocycles. The maximum absolute atomic E-state index is 12.0. The van der Waals surface area contributed by atoms with Gasteiger partial charge in [-0.25, -0.2) is 8.42 Å². The van der Waals surface area contributed by atoms with E-state index in [2.05, 4.69) is 15.6 Å². The van der Waals surface area contributed by atoms with Gasteiger partial charge >= 0.3 is 0 Å². The summed E-state index contributed by atoms with van der Waals surface area (Å²) < 4.78 is 23.4. The molecule has 0 spiro atoms. The number of hydrogen-bond acceptors (Lipinski definition) is 3. The monoisotopic (exact) mass is 345 g/mol. The van der Waals surface area contributed by atoms with Gasteiger partial charge in [0.1, 0.15) is 0 Å². The van der Waals surface area contributed by atoms with Crippen LogP contribution in [0.25, 0.3) is 0 Å². The van der Waals surface area contributed by atoms with E-state index in [4.69, 9.17) is 0 Å². The minimum Gasteiger partial charge on any atom is -0.356 e. The molecule has 6 heteroatoms. The van der Waals surface area contributed by atoms with Gasteiger partial charge in [-0.2, -0.15) is 0 Å². The highest BCUT2D eigenvalue weighted by Gasteiger charge is 2.28. The summed E-state index contributed by atoms with van der Waals surface area (Å²) in [6.07, 6.45) is 9.40. The van der Waals surface area contributed by atoms with Crippen molar-refractivity contribution in [1.29, 1.82) is 0 Å². The predicted octanol–water partition coefficient (Wildman–Crippen LogP) is 2.73. The van der Waals surface area contributed by atoms with Crippen molar-refractivity contribution in [2.24, 2.45) is 10.9 Å². The average Bonchev–Trinajstić information content (AvgIpc) is 2.97. The Balaban J connectivity index is 2.14. The third kappa shape index (κ3) is 7.55. The second-order valence-corrected chi connectivity index (χ2v) is 10.4. The zero-order valence-corrected chi connectivity index (χ0v) is 16.1. The van der Waals surface area contributed by atoms with Crippen LogP contribution in [-0.4, -0.2) is 45.0 Å². The van der Waals surface area contributed by atoms with Gasteiger partial charge in [0.05, 0.1) is 10.5 Å². The largest absolute Gasteiger partial charge is 0.356 e. The summed E-state index contributed by atoms with van der Waals surface area (Å²) in [7, 11) is -1.37. The summed E-state index contributed by atoms with van der Waals surface area (Å²) in [5.41, 5.74) is 0. The van der Waals surface area contributed by atoms with Gasteiger partial charge in [0.25, 0.3) is 0 Å². The Morgan fingerprint density at radius 1 is 1.09 bits per heavy atom. The first-order valence-corrected chi connectivity index (χ1v) is 10.6. The van der Waals surface area contributed by atoms with Gasteiger partial charge in [-0.1, -0.05) is 38.5 Å². The minimum absolute atomic E-state index is 0.124. The Hall–Kier alpha value is -0.780. The quantitative estimate of drug-likeness (QED) is 0.403. The SMILES string of the molecule is CN=C(NCCCCC1CCCC1)NCCS(=O)(=O)C(C)(C)C. The highest BCUT2D eigenvalue weighted by Crippen LogP contribution is 2.28. The molecule has 0 saturated heterocycles. The Kier molecular flexibility index (Phi) is 8.37. The van der Waals surface area contributed by atoms with Crippen LogP contribution in [0.2, 0.25) is 0 Å². The minimum atomic E-state index is -3.09. The van der Waals surface area contributed by atoms with Gasteiger partial charge < -0.3 is 10.6 Å². The summed E-state index contributed by atoms with van der Waals surface area (Å²) in [6.45, 7) is 6.49. The molecule has 0 aromatic heterocycles. The topological polar surface area (TPSA) is 70.6 Å². The van der Waals surface area contributed by atoms with Crippen LogP contribution in [0.5, 0.6) is 0 Å². The molecular formula is C17H35N3O2S. The smallest absolute Gasteiger partial charge is 0.191 e. The number of hydrogen-bond donors (Lipinski definition) is 2. The highest BCUT2D eigenvalue weighted by atomic mass is 32.2. The summed E-state index contributed by atoms with van der Waals surface area (Å²) in [6, 6.07) is 0. The number of rotatable bonds is 8. The number of nitrogens with zero attached hydrogens (tertiary/aromatic N) is 1. The summed E-state index contributed by atoms with van der Waals surface area (Å²) in [5, 5.41) is 6.35. The Morgan fingerprint density at radius 3 is 2.26 bits per heavy atom. The second kappa shape index (κ2) is 9.50. The maximum Gasteiger partial charge on any atom is 0.191 e. The lowest BCUT2D eigenvalue weighted by molar-refractivity contribution is 0.472. The lowest BCUT2D eigenvalue weighted by Crippen LogP contribution is -2.42. The van der Waals surface area contributed by atoms with E-state index in [1.165, 1.54) is 38.5 Å². The first-order chi connectivity index (χ1) is 10.8. The molecule has 2 N–H and O–H groups in total. The standard InChI is InChI=1S/C17H35N3O2S/c1-17(2,3)23(21,22)14-13-20-16(18-4)19-12-8-7-11-15-9-5-6-10-15/h15H,5-14H2,1-4H3,(H2,18,19,20). The molecule has 0 aliphatic heterocycles. The van der Waals surface area contributed by atoms with Gasteiger partial charge in [0, 0.05) is 20.1 Å². The van der Waals surface area contributed by atoms with Crippen LogP contribution in [0.4, 0.5) is 0 Å². The van der Waals surface area contributed by atoms with E-state index >= 15 is 0 Å². The lowest BCUT2D eigenvalue weighted by atomic mass is 10.0. The first-order valence-electron chi connectivity index (χ1n) is 8.93. The number of unbranched alkanes of at least 4 members (excludes halogenated alkanes) is 1. The van der Waals surface area contributed by atoms with Crippen molar-refractivity contribution in [3.05, 3.63) is 0 Å². The van der Waals surface area contributed by atoms with Crippen molar-refractivity contribution < 1.29 is 8.42 Å². The Morgan fingerprint density at radius 2 is 1.70 bits per heavy atom. The number of sulfone groups is 1. The predicted molar refractivity (Wildman–Crippen MR) is 98.7 cm³/mol. The molecule has 0 radical (unpaired) electrons. The molecule has 0 amide bonds. The molecule has 23 heavy (non-hydrogen) atoms. The molecule has 0 unspecified atom stereocenters. The van der Waals surface area contributed by atoms with Crippen molar-refractivity contribution >= 4 is 15.8 Å². The van der Waals surface area contributed by atoms with E-state index in [0.29, 0.717) is 12.5 Å². The van der Waals surface area contributed by atoms with Crippen LogP contribution in [-0.2, 0) is 9.84 Å². The molecule has 0 atom stereocenters. The highest BCUT2D eigenvalue weighted by molar-refractivity contribution is 7.92. The Bertz CT molecular complexity index is 461. The first kappa shape index (κ1) is 20.3.